The number of nitrogens with zero attached hydrogens (tertiary/aromatic N) is 1. The van der Waals surface area contributed by atoms with Crippen LogP contribution >= 0.6 is 23.6 Å². The molecule has 18 heavy (non-hydrogen) atoms. The normalized spacial score (nSPS) is 15.4. The molecule has 0 radical (unpaired) electrons. The number of amides is 1. The molecule has 0 spiro atoms. The number of carbonyl (C=O) groups excluding carboxylic acids is 1. The van der Waals surface area contributed by atoms with Crippen molar-refractivity contribution in [2.75, 3.05) is 0 Å². The van der Waals surface area contributed by atoms with Crippen LogP contribution in [0.15, 0.2) is 16.8 Å². The summed E-state index contributed by atoms with van der Waals surface area (Å²) in [5.41, 5.74) is 6.11. The lowest BCUT2D eigenvalue weighted by atomic mass is 9.91. The van der Waals surface area contributed by atoms with E-state index in [2.05, 4.69) is 11.4 Å². The van der Waals surface area contributed by atoms with Crippen LogP contribution in [-0.4, -0.2) is 21.8 Å². The first kappa shape index (κ1) is 13.5. The minimum atomic E-state index is -0.756. The molecule has 0 bridgehead atoms. The van der Waals surface area contributed by atoms with Gasteiger partial charge in [0.25, 0.3) is 0 Å². The van der Waals surface area contributed by atoms with Crippen LogP contribution in [0.2, 0.25) is 0 Å². The van der Waals surface area contributed by atoms with Crippen LogP contribution in [0.3, 0.4) is 0 Å². The van der Waals surface area contributed by atoms with Gasteiger partial charge in [-0.3, -0.25) is 4.79 Å². The van der Waals surface area contributed by atoms with Gasteiger partial charge >= 0.3 is 0 Å². The van der Waals surface area contributed by atoms with E-state index in [1.807, 2.05) is 10.3 Å². The first-order valence-corrected chi connectivity index (χ1v) is 7.40. The number of carbonyl (C=O) groups is 1. The third-order valence-corrected chi connectivity index (χ3v) is 4.57. The van der Waals surface area contributed by atoms with Crippen molar-refractivity contribution >= 4 is 34.5 Å². The number of thiocarbonyl (C=S) groups is 1. The summed E-state index contributed by atoms with van der Waals surface area (Å²) >= 11 is 6.67. The zero-order valence-electron chi connectivity index (χ0n) is 10.7. The summed E-state index contributed by atoms with van der Waals surface area (Å²) in [6, 6.07) is 2.42. The van der Waals surface area contributed by atoms with Crippen LogP contribution in [0, 0.1) is 5.41 Å². The summed E-state index contributed by atoms with van der Waals surface area (Å²) in [6.07, 6.45) is 2.17. The number of thiophene rings is 1. The van der Waals surface area contributed by atoms with E-state index in [0.717, 1.165) is 12.8 Å². The van der Waals surface area contributed by atoms with Gasteiger partial charge in [0.15, 0.2) is 0 Å². The molecule has 0 saturated heterocycles. The van der Waals surface area contributed by atoms with Crippen molar-refractivity contribution in [1.82, 2.24) is 4.90 Å². The van der Waals surface area contributed by atoms with E-state index in [4.69, 9.17) is 18.0 Å². The predicted molar refractivity (Wildman–Crippen MR) is 78.5 cm³/mol. The molecule has 0 aromatic carbocycles. The Labute approximate surface area is 117 Å². The number of hydrogen-bond donors (Lipinski definition) is 1. The summed E-state index contributed by atoms with van der Waals surface area (Å²) in [5, 5.41) is 4.11. The third-order valence-electron chi connectivity index (χ3n) is 3.33. The van der Waals surface area contributed by atoms with Crippen molar-refractivity contribution < 1.29 is 4.79 Å². The molecule has 3 nitrogen and oxygen atoms in total. The van der Waals surface area contributed by atoms with Crippen LogP contribution < -0.4 is 5.73 Å². The average Bonchev–Trinajstić information content (AvgIpc) is 3.02. The van der Waals surface area contributed by atoms with Crippen LogP contribution in [0.25, 0.3) is 0 Å². The number of nitrogens with two attached hydrogens (primary N) is 1. The van der Waals surface area contributed by atoms with Gasteiger partial charge in [-0.25, -0.2) is 0 Å². The van der Waals surface area contributed by atoms with Crippen LogP contribution in [0.5, 0.6) is 0 Å². The van der Waals surface area contributed by atoms with Gasteiger partial charge < -0.3 is 10.6 Å². The zero-order valence-corrected chi connectivity index (χ0v) is 12.3. The van der Waals surface area contributed by atoms with Crippen molar-refractivity contribution in [2.45, 2.75) is 39.3 Å². The largest absolute Gasteiger partial charge is 0.392 e. The Kier molecular flexibility index (Phi) is 3.73. The van der Waals surface area contributed by atoms with Crippen molar-refractivity contribution in [1.29, 1.82) is 0 Å². The highest BCUT2D eigenvalue weighted by Crippen LogP contribution is 2.33. The molecule has 1 fully saturated rings. The molecule has 2 rings (SSSR count). The van der Waals surface area contributed by atoms with Crippen molar-refractivity contribution in [2.24, 2.45) is 11.1 Å². The van der Waals surface area contributed by atoms with Gasteiger partial charge in [-0.1, -0.05) is 12.2 Å². The Balaban J connectivity index is 2.15. The smallest absolute Gasteiger partial charge is 0.235 e. The van der Waals surface area contributed by atoms with Crippen molar-refractivity contribution in [3.05, 3.63) is 22.4 Å². The van der Waals surface area contributed by atoms with E-state index >= 15 is 0 Å². The maximum Gasteiger partial charge on any atom is 0.235 e. The first-order valence-electron chi connectivity index (χ1n) is 6.05. The monoisotopic (exact) mass is 282 g/mol. The number of rotatable bonds is 5. The number of hydrogen-bond acceptors (Lipinski definition) is 3. The second-order valence-electron chi connectivity index (χ2n) is 5.29. The Bertz CT molecular complexity index is 450. The molecule has 0 atom stereocenters. The molecule has 1 heterocycles. The summed E-state index contributed by atoms with van der Waals surface area (Å²) in [5.74, 6) is 0.0451. The lowest BCUT2D eigenvalue weighted by Crippen LogP contribution is -2.47. The van der Waals surface area contributed by atoms with Crippen LogP contribution in [0.4, 0.5) is 0 Å². The molecule has 1 aromatic rings. The molecule has 1 aromatic heterocycles. The Hall–Kier alpha value is -0.940. The van der Waals surface area contributed by atoms with Crippen molar-refractivity contribution in [3.63, 3.8) is 0 Å². The lowest BCUT2D eigenvalue weighted by molar-refractivity contribution is -0.138. The molecule has 0 aliphatic heterocycles. The third kappa shape index (κ3) is 2.72. The molecule has 1 aliphatic rings. The van der Waals surface area contributed by atoms with E-state index < -0.39 is 5.41 Å². The molecule has 0 unspecified atom stereocenters. The van der Waals surface area contributed by atoms with Gasteiger partial charge in [-0.2, -0.15) is 11.3 Å². The minimum Gasteiger partial charge on any atom is -0.392 e. The molecule has 5 heteroatoms. The molecule has 1 aliphatic carbocycles. The SMILES string of the molecule is CC(C)(C(=O)N(Cc1ccsc1)C1CC1)C(N)=S. The van der Waals surface area contributed by atoms with E-state index in [0.29, 0.717) is 12.6 Å². The van der Waals surface area contributed by atoms with E-state index in [9.17, 15) is 4.79 Å². The van der Waals surface area contributed by atoms with E-state index in [-0.39, 0.29) is 10.9 Å². The topological polar surface area (TPSA) is 46.3 Å². The maximum atomic E-state index is 12.6. The summed E-state index contributed by atoms with van der Waals surface area (Å²) in [6.45, 7) is 4.28. The average molecular weight is 282 g/mol. The van der Waals surface area contributed by atoms with Crippen LogP contribution in [-0.2, 0) is 11.3 Å². The van der Waals surface area contributed by atoms with Gasteiger partial charge in [-0.05, 0) is 49.1 Å². The molecule has 98 valence electrons. The highest BCUT2D eigenvalue weighted by atomic mass is 32.1. The van der Waals surface area contributed by atoms with Gasteiger partial charge in [0.1, 0.15) is 0 Å². The molecule has 1 amide bonds. The second-order valence-corrected chi connectivity index (χ2v) is 6.50. The highest BCUT2D eigenvalue weighted by molar-refractivity contribution is 7.80. The van der Waals surface area contributed by atoms with E-state index in [1.54, 1.807) is 25.2 Å². The molecular weight excluding hydrogens is 264 g/mol. The quantitative estimate of drug-likeness (QED) is 0.844. The standard InChI is InChI=1S/C13H18N2OS2/c1-13(2,11(14)17)12(16)15(10-3-4-10)7-9-5-6-18-8-9/h5-6,8,10H,3-4,7H2,1-2H3,(H2,14,17). The van der Waals surface area contributed by atoms with Gasteiger partial charge in [-0.15, -0.1) is 0 Å². The van der Waals surface area contributed by atoms with Gasteiger partial charge in [0.05, 0.1) is 10.4 Å². The van der Waals surface area contributed by atoms with E-state index in [1.165, 1.54) is 5.56 Å². The fraction of sp³-hybridized carbons (Fsp3) is 0.538. The Morgan fingerprint density at radius 1 is 1.61 bits per heavy atom. The molecule has 1 saturated carbocycles. The first-order chi connectivity index (χ1) is 8.43. The maximum absolute atomic E-state index is 12.6. The van der Waals surface area contributed by atoms with Crippen molar-refractivity contribution in [3.8, 4) is 0 Å². The zero-order chi connectivity index (χ0) is 13.3. The summed E-state index contributed by atoms with van der Waals surface area (Å²) in [7, 11) is 0. The molecule has 2 N–H and O–H groups in total. The summed E-state index contributed by atoms with van der Waals surface area (Å²) in [4.78, 5) is 14.8. The second kappa shape index (κ2) is 4.97. The van der Waals surface area contributed by atoms with Gasteiger partial charge in [0, 0.05) is 12.6 Å². The fourth-order valence-electron chi connectivity index (χ4n) is 1.80. The summed E-state index contributed by atoms with van der Waals surface area (Å²) < 4.78 is 0. The Morgan fingerprint density at radius 2 is 2.28 bits per heavy atom. The fourth-order valence-corrected chi connectivity index (χ4v) is 2.54. The minimum absolute atomic E-state index is 0.0451. The predicted octanol–water partition coefficient (Wildman–Crippen LogP) is 2.55. The molecular formula is C13H18N2OS2. The van der Waals surface area contributed by atoms with Crippen LogP contribution in [0.1, 0.15) is 32.3 Å². The highest BCUT2D eigenvalue weighted by Gasteiger charge is 2.41. The van der Waals surface area contributed by atoms with Gasteiger partial charge in [0.2, 0.25) is 5.91 Å². The lowest BCUT2D eigenvalue weighted by Gasteiger charge is -2.31. The Morgan fingerprint density at radius 3 is 2.72 bits per heavy atom.